The van der Waals surface area contributed by atoms with E-state index in [1.165, 1.54) is 13.0 Å². The number of anilines is 2. The van der Waals surface area contributed by atoms with E-state index in [1.807, 2.05) is 0 Å². The fraction of sp³-hybridized carbons (Fsp3) is 0.515. The number of nitrogens with one attached hydrogen (secondary N) is 1. The highest BCUT2D eigenvalue weighted by molar-refractivity contribution is 6.16. The Labute approximate surface area is 262 Å². The number of furan rings is 1. The Hall–Kier alpha value is -3.71. The largest absolute Gasteiger partial charge is 0.461 e. The number of hydrogen-bond donors (Lipinski definition) is 2. The normalized spacial score (nSPS) is 26.5. The lowest BCUT2D eigenvalue weighted by Gasteiger charge is -2.35. The second kappa shape index (κ2) is 10.4. The van der Waals surface area contributed by atoms with Crippen LogP contribution < -0.4 is 20.7 Å². The number of ether oxygens (including phenoxy) is 1. The van der Waals surface area contributed by atoms with Crippen molar-refractivity contribution in [2.24, 2.45) is 0 Å². The van der Waals surface area contributed by atoms with Crippen LogP contribution in [0.4, 0.5) is 33.5 Å². The fourth-order valence-electron chi connectivity index (χ4n) is 8.48. The van der Waals surface area contributed by atoms with Gasteiger partial charge >= 0.3 is 12.2 Å². The molecule has 6 heterocycles. The van der Waals surface area contributed by atoms with Gasteiger partial charge in [0.2, 0.25) is 0 Å². The standard InChI is InChI=1S/C33H35F5N6O2/c1-16-8-19(39)10-22(26(16)33(36,37)38)24-27(35)28-25(23-9-17(2)46-29(23)24)30(43-13-20-4-5-21(14-43)40-20)42-31(41-28)45-15-32-6-3-7-44(32)12-18(34)11-32/h8-10,18,20-21,40H,3-7,11-15,39H2,1-2H3/t18-,20-,21+,32+/m1/s1. The molecular weight excluding hydrogens is 607 g/mol. The molecule has 4 aromatic rings. The molecule has 8 rings (SSSR count). The summed E-state index contributed by atoms with van der Waals surface area (Å²) in [6.07, 6.45) is -1.77. The quantitative estimate of drug-likeness (QED) is 0.194. The van der Waals surface area contributed by atoms with Gasteiger partial charge in [0.25, 0.3) is 0 Å². The molecule has 0 amide bonds. The minimum Gasteiger partial charge on any atom is -0.461 e. The van der Waals surface area contributed by atoms with Gasteiger partial charge in [0.15, 0.2) is 5.82 Å². The van der Waals surface area contributed by atoms with Crippen molar-refractivity contribution in [2.75, 3.05) is 43.4 Å². The monoisotopic (exact) mass is 642 g/mol. The number of fused-ring (bicyclic) bond motifs is 6. The number of aromatic nitrogens is 2. The van der Waals surface area contributed by atoms with Crippen molar-refractivity contribution in [3.8, 4) is 17.1 Å². The lowest BCUT2D eigenvalue weighted by molar-refractivity contribution is -0.137. The number of hydrogen-bond acceptors (Lipinski definition) is 8. The summed E-state index contributed by atoms with van der Waals surface area (Å²) < 4.78 is 87.4. The van der Waals surface area contributed by atoms with E-state index in [2.05, 4.69) is 20.1 Å². The Bertz CT molecular complexity index is 1870. The number of aryl methyl sites for hydroxylation is 2. The number of rotatable bonds is 5. The third kappa shape index (κ3) is 4.68. The van der Waals surface area contributed by atoms with Crippen LogP contribution in [0.25, 0.3) is 33.0 Å². The van der Waals surface area contributed by atoms with E-state index in [0.29, 0.717) is 48.4 Å². The van der Waals surface area contributed by atoms with Gasteiger partial charge in [0.05, 0.1) is 22.1 Å². The summed E-state index contributed by atoms with van der Waals surface area (Å²) in [5.41, 5.74) is 3.47. The van der Waals surface area contributed by atoms with E-state index in [0.717, 1.165) is 38.3 Å². The van der Waals surface area contributed by atoms with Crippen LogP contribution in [0.5, 0.6) is 6.01 Å². The third-order valence-corrected chi connectivity index (χ3v) is 10.3. The number of nitrogens with zero attached hydrogens (tertiary/aromatic N) is 4. The van der Waals surface area contributed by atoms with Gasteiger partial charge in [-0.2, -0.15) is 23.1 Å². The zero-order chi connectivity index (χ0) is 32.1. The highest BCUT2D eigenvalue weighted by atomic mass is 19.4. The van der Waals surface area contributed by atoms with E-state index in [4.69, 9.17) is 19.9 Å². The van der Waals surface area contributed by atoms with Gasteiger partial charge in [-0.25, -0.2) is 8.78 Å². The summed E-state index contributed by atoms with van der Waals surface area (Å²) in [6, 6.07) is 4.38. The van der Waals surface area contributed by atoms with Crippen LogP contribution in [-0.4, -0.2) is 71.4 Å². The van der Waals surface area contributed by atoms with E-state index in [9.17, 15) is 17.6 Å². The van der Waals surface area contributed by atoms with Gasteiger partial charge in [-0.1, -0.05) is 0 Å². The number of halogens is 5. The summed E-state index contributed by atoms with van der Waals surface area (Å²) in [6.45, 7) is 5.42. The van der Waals surface area contributed by atoms with Crippen molar-refractivity contribution >= 4 is 33.4 Å². The molecule has 46 heavy (non-hydrogen) atoms. The van der Waals surface area contributed by atoms with Crippen molar-refractivity contribution in [3.63, 3.8) is 0 Å². The topological polar surface area (TPSA) is 92.7 Å². The molecule has 0 saturated carbocycles. The molecule has 13 heteroatoms. The summed E-state index contributed by atoms with van der Waals surface area (Å²) in [4.78, 5) is 13.6. The molecule has 3 N–H and O–H groups in total. The zero-order valence-electron chi connectivity index (χ0n) is 25.6. The highest BCUT2D eigenvalue weighted by Crippen LogP contribution is 2.48. The molecule has 4 aliphatic rings. The SMILES string of the molecule is Cc1cc2c(o1)c(-c1cc(N)cc(C)c1C(F)(F)F)c(F)c1nc(OC[C@@]34CCCN3C[C@H](F)C4)nc(N3C[C@H]4CC[C@@H](C3)N4)c12. The highest BCUT2D eigenvalue weighted by Gasteiger charge is 2.49. The van der Waals surface area contributed by atoms with Gasteiger partial charge in [0.1, 0.15) is 35.5 Å². The lowest BCUT2D eigenvalue weighted by Crippen LogP contribution is -2.51. The van der Waals surface area contributed by atoms with E-state index < -0.39 is 34.8 Å². The van der Waals surface area contributed by atoms with Crippen LogP contribution >= 0.6 is 0 Å². The molecule has 0 aliphatic carbocycles. The van der Waals surface area contributed by atoms with Crippen LogP contribution in [-0.2, 0) is 6.18 Å². The smallest absolute Gasteiger partial charge is 0.417 e. The minimum absolute atomic E-state index is 0.0324. The van der Waals surface area contributed by atoms with Gasteiger partial charge in [-0.15, -0.1) is 0 Å². The maximum Gasteiger partial charge on any atom is 0.417 e. The zero-order valence-corrected chi connectivity index (χ0v) is 25.6. The number of piperazine rings is 1. The predicted molar refractivity (Wildman–Crippen MR) is 164 cm³/mol. The first-order valence-electron chi connectivity index (χ1n) is 15.8. The summed E-state index contributed by atoms with van der Waals surface area (Å²) in [5.74, 6) is -0.152. The molecular formula is C33H35F5N6O2. The Balaban J connectivity index is 1.36. The first-order valence-corrected chi connectivity index (χ1v) is 15.8. The molecule has 8 nitrogen and oxygen atoms in total. The molecule has 2 aromatic heterocycles. The van der Waals surface area contributed by atoms with E-state index >= 15 is 4.39 Å². The summed E-state index contributed by atoms with van der Waals surface area (Å²) in [5, 5.41) is 4.34. The molecule has 4 fully saturated rings. The maximum atomic E-state index is 17.1. The number of nitrogen functional groups attached to an aromatic ring is 1. The first kappa shape index (κ1) is 29.7. The van der Waals surface area contributed by atoms with Crippen molar-refractivity contribution < 1.29 is 31.1 Å². The molecule has 244 valence electrons. The van der Waals surface area contributed by atoms with Crippen molar-refractivity contribution in [1.29, 1.82) is 0 Å². The Morgan fingerprint density at radius 2 is 1.87 bits per heavy atom. The Kier molecular flexibility index (Phi) is 6.71. The van der Waals surface area contributed by atoms with Gasteiger partial charge in [-0.3, -0.25) is 4.90 Å². The van der Waals surface area contributed by atoms with Crippen molar-refractivity contribution in [1.82, 2.24) is 20.2 Å². The molecule has 0 unspecified atom stereocenters. The molecule has 0 spiro atoms. The molecule has 2 aromatic carbocycles. The molecule has 0 radical (unpaired) electrons. The summed E-state index contributed by atoms with van der Waals surface area (Å²) in [7, 11) is 0. The van der Waals surface area contributed by atoms with Gasteiger partial charge in [0, 0.05) is 54.8 Å². The maximum absolute atomic E-state index is 17.1. The van der Waals surface area contributed by atoms with Gasteiger partial charge in [-0.05, 0) is 69.8 Å². The number of benzene rings is 2. The number of nitrogens with two attached hydrogens (primary N) is 1. The second-order valence-electron chi connectivity index (χ2n) is 13.5. The first-order chi connectivity index (χ1) is 21.9. The van der Waals surface area contributed by atoms with E-state index in [1.54, 1.807) is 13.0 Å². The van der Waals surface area contributed by atoms with Crippen LogP contribution in [0, 0.1) is 19.7 Å². The third-order valence-electron chi connectivity index (χ3n) is 10.3. The molecule has 4 saturated heterocycles. The second-order valence-corrected chi connectivity index (χ2v) is 13.5. The van der Waals surface area contributed by atoms with E-state index in [-0.39, 0.29) is 52.6 Å². The lowest BCUT2D eigenvalue weighted by atomic mass is 9.92. The molecule has 4 aliphatic heterocycles. The minimum atomic E-state index is -4.80. The predicted octanol–water partition coefficient (Wildman–Crippen LogP) is 6.30. The summed E-state index contributed by atoms with van der Waals surface area (Å²) >= 11 is 0. The van der Waals surface area contributed by atoms with Crippen LogP contribution in [0.1, 0.15) is 49.0 Å². The average Bonchev–Trinajstić information content (AvgIpc) is 3.72. The number of alkyl halides is 4. The van der Waals surface area contributed by atoms with Crippen molar-refractivity contribution in [3.05, 3.63) is 40.9 Å². The van der Waals surface area contributed by atoms with Crippen LogP contribution in [0.15, 0.2) is 22.6 Å². The fourth-order valence-corrected chi connectivity index (χ4v) is 8.48. The van der Waals surface area contributed by atoms with Gasteiger partial charge < -0.3 is 25.1 Å². The Morgan fingerprint density at radius 1 is 1.11 bits per heavy atom. The van der Waals surface area contributed by atoms with Crippen LogP contribution in [0.2, 0.25) is 0 Å². The molecule has 2 bridgehead atoms. The Morgan fingerprint density at radius 3 is 2.61 bits per heavy atom. The van der Waals surface area contributed by atoms with Crippen LogP contribution in [0.3, 0.4) is 0 Å². The molecule has 4 atom stereocenters. The van der Waals surface area contributed by atoms with Crippen molar-refractivity contribution in [2.45, 2.75) is 75.9 Å². The average molecular weight is 643 g/mol.